The molecule has 2 aliphatic rings. The van der Waals surface area contributed by atoms with Crippen LogP contribution >= 0.6 is 0 Å². The first-order chi connectivity index (χ1) is 12.3. The van der Waals surface area contributed by atoms with Crippen LogP contribution in [0.1, 0.15) is 37.7 Å². The van der Waals surface area contributed by atoms with Gasteiger partial charge in [0.15, 0.2) is 0 Å². The molecule has 0 bridgehead atoms. The van der Waals surface area contributed by atoms with E-state index in [2.05, 4.69) is 40.3 Å². The second-order valence-electron chi connectivity index (χ2n) is 7.19. The van der Waals surface area contributed by atoms with Crippen molar-refractivity contribution in [1.82, 2.24) is 14.8 Å². The van der Waals surface area contributed by atoms with Crippen molar-refractivity contribution in [3.63, 3.8) is 0 Å². The lowest BCUT2D eigenvalue weighted by atomic mass is 9.97. The number of ether oxygens (including phenoxy) is 1. The average molecular weight is 341 g/mol. The number of nitrogens with one attached hydrogen (secondary N) is 1. The van der Waals surface area contributed by atoms with Crippen molar-refractivity contribution >= 4 is 17.0 Å². The van der Waals surface area contributed by atoms with Gasteiger partial charge in [-0.1, -0.05) is 18.2 Å². The molecule has 2 aromatic rings. The molecule has 1 amide bonds. The molecule has 3 heterocycles. The van der Waals surface area contributed by atoms with Gasteiger partial charge in [0.05, 0.1) is 6.61 Å². The van der Waals surface area contributed by atoms with Gasteiger partial charge in [-0.3, -0.25) is 4.90 Å². The summed E-state index contributed by atoms with van der Waals surface area (Å²) in [5.74, 6) is 0.610. The van der Waals surface area contributed by atoms with Crippen LogP contribution in [0.15, 0.2) is 30.5 Å². The molecular weight excluding hydrogens is 314 g/mol. The van der Waals surface area contributed by atoms with Gasteiger partial charge >= 0.3 is 6.09 Å². The molecule has 5 heteroatoms. The molecule has 2 saturated heterocycles. The molecule has 0 saturated carbocycles. The molecule has 4 rings (SSSR count). The first-order valence-corrected chi connectivity index (χ1v) is 9.48. The smallest absolute Gasteiger partial charge is 0.409 e. The summed E-state index contributed by atoms with van der Waals surface area (Å²) in [6.45, 7) is 6.24. The zero-order valence-corrected chi connectivity index (χ0v) is 14.9. The highest BCUT2D eigenvalue weighted by Crippen LogP contribution is 2.34. The van der Waals surface area contributed by atoms with Crippen molar-refractivity contribution in [3.05, 3.63) is 36.0 Å². The van der Waals surface area contributed by atoms with Crippen LogP contribution in [-0.4, -0.2) is 59.7 Å². The summed E-state index contributed by atoms with van der Waals surface area (Å²) in [6, 6.07) is 9.18. The predicted octanol–water partition coefficient (Wildman–Crippen LogP) is 3.58. The van der Waals surface area contributed by atoms with E-state index >= 15 is 0 Å². The van der Waals surface area contributed by atoms with Crippen molar-refractivity contribution < 1.29 is 9.53 Å². The Hall–Kier alpha value is -2.01. The van der Waals surface area contributed by atoms with E-state index in [-0.39, 0.29) is 6.09 Å². The second kappa shape index (κ2) is 7.08. The number of H-pyrrole nitrogens is 1. The number of hydrogen-bond donors (Lipinski definition) is 1. The van der Waals surface area contributed by atoms with Crippen LogP contribution in [0.3, 0.4) is 0 Å². The highest BCUT2D eigenvalue weighted by atomic mass is 16.6. The fraction of sp³-hybridized carbons (Fsp3) is 0.550. The lowest BCUT2D eigenvalue weighted by Crippen LogP contribution is -2.46. The van der Waals surface area contributed by atoms with Crippen molar-refractivity contribution in [1.29, 1.82) is 0 Å². The topological polar surface area (TPSA) is 48.6 Å². The summed E-state index contributed by atoms with van der Waals surface area (Å²) in [6.07, 6.45) is 5.38. The fourth-order valence-electron chi connectivity index (χ4n) is 4.43. The Kier molecular flexibility index (Phi) is 4.66. The van der Waals surface area contributed by atoms with Crippen LogP contribution in [-0.2, 0) is 4.74 Å². The predicted molar refractivity (Wildman–Crippen MR) is 98.8 cm³/mol. The molecule has 1 atom stereocenters. The molecule has 1 N–H and O–H groups in total. The van der Waals surface area contributed by atoms with Crippen molar-refractivity contribution in [2.75, 3.05) is 32.8 Å². The summed E-state index contributed by atoms with van der Waals surface area (Å²) in [4.78, 5) is 19.7. The maximum Gasteiger partial charge on any atom is 0.409 e. The number of carbonyl (C=O) groups excluding carboxylic acids is 1. The number of rotatable bonds is 3. The number of piperidine rings is 1. The Morgan fingerprint density at radius 1 is 1.20 bits per heavy atom. The zero-order valence-electron chi connectivity index (χ0n) is 14.9. The van der Waals surface area contributed by atoms with Gasteiger partial charge in [0, 0.05) is 42.8 Å². The number of nitrogens with zero attached hydrogens (tertiary/aromatic N) is 2. The Balaban J connectivity index is 1.36. The maximum atomic E-state index is 11.8. The largest absolute Gasteiger partial charge is 0.450 e. The summed E-state index contributed by atoms with van der Waals surface area (Å²) >= 11 is 0. The van der Waals surface area contributed by atoms with Crippen molar-refractivity contribution in [3.8, 4) is 0 Å². The van der Waals surface area contributed by atoms with E-state index < -0.39 is 0 Å². The molecule has 5 nitrogen and oxygen atoms in total. The van der Waals surface area contributed by atoms with E-state index in [1.807, 2.05) is 11.8 Å². The van der Waals surface area contributed by atoms with Gasteiger partial charge in [-0.25, -0.2) is 4.79 Å². The van der Waals surface area contributed by atoms with E-state index in [0.29, 0.717) is 18.6 Å². The number of para-hydroxylation sites is 1. The molecule has 134 valence electrons. The van der Waals surface area contributed by atoms with Gasteiger partial charge in [-0.05, 0) is 50.3 Å². The molecule has 0 aliphatic carbocycles. The fourth-order valence-corrected chi connectivity index (χ4v) is 4.43. The summed E-state index contributed by atoms with van der Waals surface area (Å²) < 4.78 is 5.12. The van der Waals surface area contributed by atoms with E-state index in [4.69, 9.17) is 4.74 Å². The lowest BCUT2D eigenvalue weighted by molar-refractivity contribution is 0.0802. The molecule has 1 unspecified atom stereocenters. The summed E-state index contributed by atoms with van der Waals surface area (Å²) in [5.41, 5.74) is 2.70. The molecule has 0 radical (unpaired) electrons. The number of amides is 1. The molecular formula is C20H27N3O2. The minimum absolute atomic E-state index is 0.154. The third-order valence-electron chi connectivity index (χ3n) is 5.79. The molecule has 1 aromatic heterocycles. The second-order valence-corrected chi connectivity index (χ2v) is 7.19. The van der Waals surface area contributed by atoms with Gasteiger partial charge in [0.25, 0.3) is 0 Å². The monoisotopic (exact) mass is 341 g/mol. The molecule has 2 fully saturated rings. The minimum atomic E-state index is -0.154. The quantitative estimate of drug-likeness (QED) is 0.928. The first-order valence-electron chi connectivity index (χ1n) is 9.48. The van der Waals surface area contributed by atoms with Crippen LogP contribution in [0, 0.1) is 0 Å². The Labute approximate surface area is 148 Å². The number of benzene rings is 1. The third kappa shape index (κ3) is 3.25. The summed E-state index contributed by atoms with van der Waals surface area (Å²) in [5, 5.41) is 1.37. The highest BCUT2D eigenvalue weighted by molar-refractivity contribution is 5.83. The van der Waals surface area contributed by atoms with Gasteiger partial charge in [0.2, 0.25) is 0 Å². The van der Waals surface area contributed by atoms with Gasteiger partial charge in [0.1, 0.15) is 0 Å². The average Bonchev–Trinajstić information content (AvgIpc) is 3.29. The van der Waals surface area contributed by atoms with Crippen molar-refractivity contribution in [2.24, 2.45) is 0 Å². The number of hydrogen-bond acceptors (Lipinski definition) is 3. The van der Waals surface area contributed by atoms with E-state index in [0.717, 1.165) is 39.0 Å². The number of aromatic nitrogens is 1. The SMILES string of the molecule is CCOC(=O)N1CCC(N2CCC(c3c[nH]c4ccccc34)C2)CC1. The standard InChI is InChI=1S/C20H27N3O2/c1-2-25-20(24)22-11-8-16(9-12-22)23-10-7-15(14-23)18-13-21-19-6-4-3-5-17(18)19/h3-6,13,15-16,21H,2,7-12,14H2,1H3. The molecule has 1 aromatic carbocycles. The summed E-state index contributed by atoms with van der Waals surface area (Å²) in [7, 11) is 0. The van der Waals surface area contributed by atoms with Gasteiger partial charge < -0.3 is 14.6 Å². The Morgan fingerprint density at radius 2 is 2.00 bits per heavy atom. The number of carbonyl (C=O) groups is 1. The van der Waals surface area contributed by atoms with Crippen molar-refractivity contribution in [2.45, 2.75) is 38.1 Å². The van der Waals surface area contributed by atoms with E-state index in [1.165, 1.54) is 22.9 Å². The normalized spacial score (nSPS) is 22.6. The highest BCUT2D eigenvalue weighted by Gasteiger charge is 2.33. The van der Waals surface area contributed by atoms with E-state index in [1.54, 1.807) is 0 Å². The molecule has 25 heavy (non-hydrogen) atoms. The van der Waals surface area contributed by atoms with Crippen LogP contribution in [0.2, 0.25) is 0 Å². The lowest BCUT2D eigenvalue weighted by Gasteiger charge is -2.36. The Morgan fingerprint density at radius 3 is 2.80 bits per heavy atom. The number of fused-ring (bicyclic) bond motifs is 1. The van der Waals surface area contributed by atoms with Crippen LogP contribution in [0.5, 0.6) is 0 Å². The van der Waals surface area contributed by atoms with E-state index in [9.17, 15) is 4.79 Å². The number of likely N-dealkylation sites (tertiary alicyclic amines) is 2. The van der Waals surface area contributed by atoms with Crippen LogP contribution in [0.25, 0.3) is 10.9 Å². The van der Waals surface area contributed by atoms with Gasteiger partial charge in [-0.2, -0.15) is 0 Å². The first kappa shape index (κ1) is 16.5. The van der Waals surface area contributed by atoms with Crippen LogP contribution in [0.4, 0.5) is 4.79 Å². The minimum Gasteiger partial charge on any atom is -0.450 e. The zero-order chi connectivity index (χ0) is 17.2. The maximum absolute atomic E-state index is 11.8. The third-order valence-corrected chi connectivity index (χ3v) is 5.79. The van der Waals surface area contributed by atoms with Crippen LogP contribution < -0.4 is 0 Å². The number of aromatic amines is 1. The Bertz CT molecular complexity index is 733. The van der Waals surface area contributed by atoms with Gasteiger partial charge in [-0.15, -0.1) is 0 Å². The molecule has 0 spiro atoms. The molecule has 2 aliphatic heterocycles.